The molecule has 1 N–H and O–H groups in total. The van der Waals surface area contributed by atoms with Gasteiger partial charge in [-0.3, -0.25) is 4.79 Å². The Hall–Kier alpha value is -1.36. The first-order valence-electron chi connectivity index (χ1n) is 4.66. The first-order chi connectivity index (χ1) is 7.07. The minimum Gasteiger partial charge on any atom is -0.452 e. The maximum Gasteiger partial charge on any atom is 0.333 e. The number of amides is 1. The highest BCUT2D eigenvalue weighted by Crippen LogP contribution is 1.91. The van der Waals surface area contributed by atoms with E-state index in [1.165, 1.54) is 6.92 Å². The van der Waals surface area contributed by atoms with Crippen molar-refractivity contribution < 1.29 is 19.1 Å². The fourth-order valence-electron chi connectivity index (χ4n) is 0.750. The lowest BCUT2D eigenvalue weighted by atomic mass is 10.4. The Morgan fingerprint density at radius 1 is 1.40 bits per heavy atom. The number of esters is 1. The smallest absolute Gasteiger partial charge is 0.333 e. The second-order valence-corrected chi connectivity index (χ2v) is 3.05. The summed E-state index contributed by atoms with van der Waals surface area (Å²) < 4.78 is 9.45. The first kappa shape index (κ1) is 13.6. The SMILES string of the molecule is C=C(C)C(=O)OCC(=O)NCCCOC. The molecule has 0 spiro atoms. The molecule has 0 aromatic heterocycles. The van der Waals surface area contributed by atoms with Crippen LogP contribution in [0.5, 0.6) is 0 Å². The molecule has 0 aliphatic heterocycles. The van der Waals surface area contributed by atoms with Crippen LogP contribution in [-0.4, -0.2) is 38.7 Å². The third-order valence-electron chi connectivity index (χ3n) is 1.53. The lowest BCUT2D eigenvalue weighted by molar-refractivity contribution is -0.144. The van der Waals surface area contributed by atoms with Gasteiger partial charge in [-0.1, -0.05) is 6.58 Å². The van der Waals surface area contributed by atoms with Gasteiger partial charge in [-0.2, -0.15) is 0 Å². The summed E-state index contributed by atoms with van der Waals surface area (Å²) in [5, 5.41) is 2.59. The van der Waals surface area contributed by atoms with Gasteiger partial charge in [0.05, 0.1) is 0 Å². The molecule has 0 rings (SSSR count). The van der Waals surface area contributed by atoms with E-state index in [0.29, 0.717) is 13.2 Å². The van der Waals surface area contributed by atoms with Crippen LogP contribution in [0.4, 0.5) is 0 Å². The van der Waals surface area contributed by atoms with Gasteiger partial charge in [-0.05, 0) is 13.3 Å². The summed E-state index contributed by atoms with van der Waals surface area (Å²) in [5.41, 5.74) is 0.280. The largest absolute Gasteiger partial charge is 0.452 e. The number of ether oxygens (including phenoxy) is 2. The molecule has 0 radical (unpaired) electrons. The molecule has 0 unspecified atom stereocenters. The van der Waals surface area contributed by atoms with Crippen molar-refractivity contribution in [3.05, 3.63) is 12.2 Å². The second-order valence-electron chi connectivity index (χ2n) is 3.05. The van der Waals surface area contributed by atoms with Crippen LogP contribution in [0, 0.1) is 0 Å². The van der Waals surface area contributed by atoms with Crippen LogP contribution in [-0.2, 0) is 19.1 Å². The number of hydrogen-bond donors (Lipinski definition) is 1. The van der Waals surface area contributed by atoms with Crippen LogP contribution in [0.25, 0.3) is 0 Å². The van der Waals surface area contributed by atoms with Crippen LogP contribution in [0.2, 0.25) is 0 Å². The monoisotopic (exact) mass is 215 g/mol. The van der Waals surface area contributed by atoms with Crippen molar-refractivity contribution in [1.82, 2.24) is 5.32 Å². The lowest BCUT2D eigenvalue weighted by Crippen LogP contribution is -2.30. The van der Waals surface area contributed by atoms with Crippen LogP contribution in [0.1, 0.15) is 13.3 Å². The Bertz CT molecular complexity index is 238. The number of nitrogens with one attached hydrogen (secondary N) is 1. The summed E-state index contributed by atoms with van der Waals surface area (Å²) in [6, 6.07) is 0. The summed E-state index contributed by atoms with van der Waals surface area (Å²) in [6.07, 6.45) is 0.733. The Morgan fingerprint density at radius 2 is 2.07 bits per heavy atom. The van der Waals surface area contributed by atoms with Crippen LogP contribution >= 0.6 is 0 Å². The Morgan fingerprint density at radius 3 is 2.60 bits per heavy atom. The zero-order chi connectivity index (χ0) is 11.7. The maximum atomic E-state index is 11.1. The van der Waals surface area contributed by atoms with Gasteiger partial charge in [-0.25, -0.2) is 4.79 Å². The zero-order valence-electron chi connectivity index (χ0n) is 9.17. The summed E-state index contributed by atoms with van der Waals surface area (Å²) >= 11 is 0. The van der Waals surface area contributed by atoms with Crippen molar-refractivity contribution in [2.24, 2.45) is 0 Å². The number of hydrogen-bond acceptors (Lipinski definition) is 4. The fraction of sp³-hybridized carbons (Fsp3) is 0.600. The van der Waals surface area contributed by atoms with Gasteiger partial charge in [0.15, 0.2) is 6.61 Å². The number of carbonyl (C=O) groups excluding carboxylic acids is 2. The highest BCUT2D eigenvalue weighted by atomic mass is 16.5. The molecule has 5 heteroatoms. The van der Waals surface area contributed by atoms with Crippen molar-refractivity contribution in [2.45, 2.75) is 13.3 Å². The van der Waals surface area contributed by atoms with Crippen molar-refractivity contribution in [2.75, 3.05) is 26.9 Å². The van der Waals surface area contributed by atoms with Crippen molar-refractivity contribution >= 4 is 11.9 Å². The number of carbonyl (C=O) groups is 2. The third-order valence-corrected chi connectivity index (χ3v) is 1.53. The predicted molar refractivity (Wildman–Crippen MR) is 55.3 cm³/mol. The average Bonchev–Trinajstić information content (AvgIpc) is 2.20. The standard InChI is InChI=1S/C10H17NO4/c1-8(2)10(13)15-7-9(12)11-5-4-6-14-3/h1,4-7H2,2-3H3,(H,11,12). The molecule has 0 bridgehead atoms. The summed E-state index contributed by atoms with van der Waals surface area (Å²) in [6.45, 7) is 5.76. The Labute approximate surface area is 89.4 Å². The van der Waals surface area contributed by atoms with E-state index in [-0.39, 0.29) is 18.1 Å². The summed E-state index contributed by atoms with van der Waals surface area (Å²) in [4.78, 5) is 22.0. The topological polar surface area (TPSA) is 64.6 Å². The van der Waals surface area contributed by atoms with Gasteiger partial charge < -0.3 is 14.8 Å². The molecule has 0 aromatic rings. The summed E-state index contributed by atoms with van der Waals surface area (Å²) in [7, 11) is 1.59. The molecule has 0 heterocycles. The quantitative estimate of drug-likeness (QED) is 0.376. The van der Waals surface area contributed by atoms with E-state index in [1.54, 1.807) is 7.11 Å². The van der Waals surface area contributed by atoms with E-state index >= 15 is 0 Å². The van der Waals surface area contributed by atoms with Crippen LogP contribution in [0.3, 0.4) is 0 Å². The predicted octanol–water partition coefficient (Wildman–Crippen LogP) is 0.258. The highest BCUT2D eigenvalue weighted by molar-refractivity contribution is 5.89. The van der Waals surface area contributed by atoms with Crippen LogP contribution in [0.15, 0.2) is 12.2 Å². The zero-order valence-corrected chi connectivity index (χ0v) is 9.17. The summed E-state index contributed by atoms with van der Waals surface area (Å²) in [5.74, 6) is -0.872. The minimum absolute atomic E-state index is 0.265. The van der Waals surface area contributed by atoms with Gasteiger partial charge in [0.2, 0.25) is 0 Å². The van der Waals surface area contributed by atoms with E-state index in [9.17, 15) is 9.59 Å². The number of rotatable bonds is 7. The molecule has 0 fully saturated rings. The molecule has 0 aliphatic rings. The Balaban J connectivity index is 3.49. The molecule has 0 aliphatic carbocycles. The molecule has 1 amide bonds. The highest BCUT2D eigenvalue weighted by Gasteiger charge is 2.06. The second kappa shape index (κ2) is 7.99. The molecule has 0 saturated carbocycles. The van der Waals surface area contributed by atoms with E-state index in [1.807, 2.05) is 0 Å². The van der Waals surface area contributed by atoms with E-state index < -0.39 is 5.97 Å². The molecular weight excluding hydrogens is 198 g/mol. The molecule has 0 aromatic carbocycles. The van der Waals surface area contributed by atoms with Gasteiger partial charge >= 0.3 is 5.97 Å². The van der Waals surface area contributed by atoms with Gasteiger partial charge in [0, 0.05) is 25.8 Å². The van der Waals surface area contributed by atoms with E-state index in [2.05, 4.69) is 16.6 Å². The molecule has 5 nitrogen and oxygen atoms in total. The molecule has 15 heavy (non-hydrogen) atoms. The molecular formula is C10H17NO4. The number of methoxy groups -OCH3 is 1. The molecule has 0 saturated heterocycles. The Kier molecular flexibility index (Phi) is 7.27. The van der Waals surface area contributed by atoms with Crippen molar-refractivity contribution in [3.8, 4) is 0 Å². The van der Waals surface area contributed by atoms with Crippen molar-refractivity contribution in [1.29, 1.82) is 0 Å². The van der Waals surface area contributed by atoms with Gasteiger partial charge in [0.1, 0.15) is 0 Å². The maximum absolute atomic E-state index is 11.1. The van der Waals surface area contributed by atoms with Crippen LogP contribution < -0.4 is 5.32 Å². The average molecular weight is 215 g/mol. The lowest BCUT2D eigenvalue weighted by Gasteiger charge is -2.05. The van der Waals surface area contributed by atoms with Gasteiger partial charge in [0.25, 0.3) is 5.91 Å². The van der Waals surface area contributed by atoms with Gasteiger partial charge in [-0.15, -0.1) is 0 Å². The minimum atomic E-state index is -0.554. The van der Waals surface area contributed by atoms with E-state index in [0.717, 1.165) is 6.42 Å². The molecule has 0 atom stereocenters. The normalized spacial score (nSPS) is 9.47. The fourth-order valence-corrected chi connectivity index (χ4v) is 0.750. The van der Waals surface area contributed by atoms with E-state index in [4.69, 9.17) is 4.74 Å². The molecule has 86 valence electrons. The first-order valence-corrected chi connectivity index (χ1v) is 4.66. The third kappa shape index (κ3) is 7.69. The van der Waals surface area contributed by atoms with Crippen molar-refractivity contribution in [3.63, 3.8) is 0 Å².